The number of aromatic nitrogens is 4. The maximum atomic E-state index is 13.0. The minimum absolute atomic E-state index is 0.109. The van der Waals surface area contributed by atoms with Gasteiger partial charge in [-0.1, -0.05) is 23.4 Å². The highest BCUT2D eigenvalue weighted by atomic mass is 35.5. The third-order valence-electron chi connectivity index (χ3n) is 5.43. The first-order valence-corrected chi connectivity index (χ1v) is 13.2. The fraction of sp³-hybridized carbons (Fsp3) is 0.400. The highest BCUT2D eigenvalue weighted by molar-refractivity contribution is 7.99. The molecular formula is C20H21ClN5O8PS. The van der Waals surface area contributed by atoms with E-state index in [0.717, 1.165) is 4.90 Å². The molecule has 2 fully saturated rings. The minimum Gasteiger partial charge on any atom is -0.438 e. The number of phosphoric acid groups is 1. The Morgan fingerprint density at radius 1 is 1.33 bits per heavy atom. The molecular weight excluding hydrogens is 537 g/mol. The van der Waals surface area contributed by atoms with Crippen LogP contribution in [-0.4, -0.2) is 64.3 Å². The number of imidazole rings is 1. The van der Waals surface area contributed by atoms with Gasteiger partial charge in [-0.2, -0.15) is 0 Å². The lowest BCUT2D eigenvalue weighted by Crippen LogP contribution is -2.40. The summed E-state index contributed by atoms with van der Waals surface area (Å²) < 4.78 is 47.4. The quantitative estimate of drug-likeness (QED) is 0.256. The molecule has 2 N–H and O–H groups in total. The van der Waals surface area contributed by atoms with Gasteiger partial charge in [0.2, 0.25) is 6.79 Å². The Bertz CT molecular complexity index is 1330. The lowest BCUT2D eigenvalue weighted by molar-refractivity contribution is -0.150. The zero-order valence-corrected chi connectivity index (χ0v) is 21.4. The first kappa shape index (κ1) is 25.4. The van der Waals surface area contributed by atoms with Crippen LogP contribution in [0.2, 0.25) is 5.02 Å². The van der Waals surface area contributed by atoms with E-state index in [2.05, 4.69) is 19.7 Å². The number of nitrogens with zero attached hydrogens (tertiary/aromatic N) is 4. The van der Waals surface area contributed by atoms with Crippen LogP contribution in [0.3, 0.4) is 0 Å². The number of hydrogen-bond donors (Lipinski definition) is 1. The summed E-state index contributed by atoms with van der Waals surface area (Å²) in [4.78, 5) is 24.9. The zero-order chi connectivity index (χ0) is 25.4. The summed E-state index contributed by atoms with van der Waals surface area (Å²) in [6.45, 7) is 0.498. The number of fused-ring (bicyclic) bond motifs is 2. The maximum absolute atomic E-state index is 13.0. The van der Waals surface area contributed by atoms with Gasteiger partial charge >= 0.3 is 13.8 Å². The molecule has 1 aromatic carbocycles. The summed E-state index contributed by atoms with van der Waals surface area (Å²) in [5.41, 5.74) is 6.88. The first-order valence-electron chi connectivity index (χ1n) is 10.6. The normalized spacial score (nSPS) is 27.8. The van der Waals surface area contributed by atoms with Crippen molar-refractivity contribution in [3.8, 4) is 0 Å². The number of anilines is 1. The third-order valence-corrected chi connectivity index (χ3v) is 8.05. The van der Waals surface area contributed by atoms with E-state index in [1.807, 2.05) is 12.1 Å². The molecule has 0 saturated carbocycles. The van der Waals surface area contributed by atoms with Gasteiger partial charge in [0.05, 0.1) is 6.61 Å². The first-order chi connectivity index (χ1) is 17.3. The van der Waals surface area contributed by atoms with E-state index in [0.29, 0.717) is 21.3 Å². The molecule has 36 heavy (non-hydrogen) atoms. The van der Waals surface area contributed by atoms with Crippen LogP contribution in [0.5, 0.6) is 0 Å². The summed E-state index contributed by atoms with van der Waals surface area (Å²) in [5, 5.41) is 1.10. The number of nitrogens with two attached hydrogens (primary N) is 1. The summed E-state index contributed by atoms with van der Waals surface area (Å²) >= 11 is 7.37. The average molecular weight is 558 g/mol. The number of nitrogen functional groups attached to an aromatic ring is 1. The number of methoxy groups -OCH3 is 1. The average Bonchev–Trinajstić information content (AvgIpc) is 3.37. The summed E-state index contributed by atoms with van der Waals surface area (Å²) in [5.74, 6) is -0.404. The fourth-order valence-electron chi connectivity index (χ4n) is 3.83. The number of phosphoric ester groups is 1. The van der Waals surface area contributed by atoms with Gasteiger partial charge in [0, 0.05) is 24.0 Å². The summed E-state index contributed by atoms with van der Waals surface area (Å²) in [6, 6.07) is 7.23. The van der Waals surface area contributed by atoms with Gasteiger partial charge in [0.1, 0.15) is 24.6 Å². The van der Waals surface area contributed by atoms with Crippen molar-refractivity contribution in [3.05, 3.63) is 35.6 Å². The molecule has 2 aromatic heterocycles. The molecule has 2 aliphatic rings. The predicted molar refractivity (Wildman–Crippen MR) is 126 cm³/mol. The maximum Gasteiger partial charge on any atom is 0.478 e. The molecule has 0 unspecified atom stereocenters. The van der Waals surface area contributed by atoms with E-state index in [4.69, 9.17) is 40.4 Å². The molecule has 0 amide bonds. The molecule has 16 heteroatoms. The van der Waals surface area contributed by atoms with Gasteiger partial charge in [-0.3, -0.25) is 18.4 Å². The van der Waals surface area contributed by atoms with Gasteiger partial charge < -0.3 is 19.9 Å². The lowest BCUT2D eigenvalue weighted by Gasteiger charge is -2.31. The van der Waals surface area contributed by atoms with Crippen molar-refractivity contribution in [1.82, 2.24) is 19.5 Å². The summed E-state index contributed by atoms with van der Waals surface area (Å²) in [6.07, 6.45) is -1.72. The number of hydrogen-bond acceptors (Lipinski definition) is 13. The van der Waals surface area contributed by atoms with Gasteiger partial charge in [0.15, 0.2) is 28.4 Å². The Labute approximate surface area is 214 Å². The van der Waals surface area contributed by atoms with Crippen molar-refractivity contribution >= 4 is 54.1 Å². The summed E-state index contributed by atoms with van der Waals surface area (Å²) in [7, 11) is -2.57. The van der Waals surface area contributed by atoms with E-state index >= 15 is 0 Å². The molecule has 5 rings (SSSR count). The number of esters is 1. The minimum atomic E-state index is -4.05. The van der Waals surface area contributed by atoms with E-state index in [1.54, 1.807) is 16.7 Å². The van der Waals surface area contributed by atoms with Crippen LogP contribution in [0.25, 0.3) is 11.2 Å². The Morgan fingerprint density at radius 2 is 2.11 bits per heavy atom. The molecule has 5 atom stereocenters. The Kier molecular flexibility index (Phi) is 7.21. The van der Waals surface area contributed by atoms with Crippen LogP contribution in [0.4, 0.5) is 5.82 Å². The third kappa shape index (κ3) is 4.95. The number of halogens is 1. The second-order valence-electron chi connectivity index (χ2n) is 7.71. The molecule has 192 valence electrons. The van der Waals surface area contributed by atoms with Crippen LogP contribution < -0.4 is 5.73 Å². The van der Waals surface area contributed by atoms with Crippen molar-refractivity contribution in [3.63, 3.8) is 0 Å². The SMILES string of the molecule is CO[C@@H]1[C@@H]2O[P@@](=O)(OCOC(C)=O)OC[C@H]2O[C@H]1n1c(Sc2ccc(Cl)cc2)nc2c(N)ncnc21. The van der Waals surface area contributed by atoms with Crippen molar-refractivity contribution in [2.24, 2.45) is 0 Å². The van der Waals surface area contributed by atoms with E-state index in [1.165, 1.54) is 32.1 Å². The van der Waals surface area contributed by atoms with Crippen LogP contribution in [0.1, 0.15) is 13.2 Å². The lowest BCUT2D eigenvalue weighted by atomic mass is 10.1. The Morgan fingerprint density at radius 3 is 2.83 bits per heavy atom. The molecule has 13 nitrogen and oxygen atoms in total. The highest BCUT2D eigenvalue weighted by Gasteiger charge is 2.55. The van der Waals surface area contributed by atoms with Crippen molar-refractivity contribution < 1.29 is 37.1 Å². The zero-order valence-electron chi connectivity index (χ0n) is 19.0. The molecule has 2 aliphatic heterocycles. The molecule has 4 heterocycles. The van der Waals surface area contributed by atoms with Crippen LogP contribution in [0.15, 0.2) is 40.6 Å². The predicted octanol–water partition coefficient (Wildman–Crippen LogP) is 3.19. The van der Waals surface area contributed by atoms with E-state index in [9.17, 15) is 9.36 Å². The molecule has 2 saturated heterocycles. The number of carbonyl (C=O) groups excluding carboxylic acids is 1. The van der Waals surface area contributed by atoms with Crippen LogP contribution in [0, 0.1) is 0 Å². The largest absolute Gasteiger partial charge is 0.478 e. The Hall–Kier alpha value is -2.29. The number of benzene rings is 1. The van der Waals surface area contributed by atoms with Gasteiger partial charge in [-0.05, 0) is 24.3 Å². The van der Waals surface area contributed by atoms with E-state index < -0.39 is 45.1 Å². The second-order valence-corrected chi connectivity index (χ2v) is 10.8. The Balaban J connectivity index is 1.48. The van der Waals surface area contributed by atoms with Crippen molar-refractivity contribution in [1.29, 1.82) is 0 Å². The highest BCUT2D eigenvalue weighted by Crippen LogP contribution is 2.57. The van der Waals surface area contributed by atoms with Gasteiger partial charge in [-0.15, -0.1) is 0 Å². The second kappa shape index (κ2) is 10.2. The van der Waals surface area contributed by atoms with Crippen LogP contribution >= 0.6 is 31.2 Å². The van der Waals surface area contributed by atoms with Crippen molar-refractivity contribution in [2.75, 3.05) is 26.2 Å². The molecule has 0 spiro atoms. The standard InChI is InChI=1S/C20H21ClN5O8PS/c1-10(27)30-9-32-35(28)31-7-13-15(34-35)16(29-2)19(33-13)26-18-14(17(22)23-8-24-18)25-20(26)36-12-5-3-11(21)4-6-12/h3-6,8,13,15-16,19H,7,9H2,1-2H3,(H2,22,23,24)/t13-,15-,16-,19-,35-/m1/s1. The topological polar surface area (TPSA) is 159 Å². The number of carbonyl (C=O) groups is 1. The monoisotopic (exact) mass is 557 g/mol. The van der Waals surface area contributed by atoms with E-state index in [-0.39, 0.29) is 12.4 Å². The number of ether oxygens (including phenoxy) is 3. The molecule has 3 aromatic rings. The molecule has 0 aliphatic carbocycles. The smallest absolute Gasteiger partial charge is 0.438 e. The van der Waals surface area contributed by atoms with Crippen LogP contribution in [-0.2, 0) is 37.1 Å². The number of rotatable bonds is 7. The van der Waals surface area contributed by atoms with Crippen molar-refractivity contribution in [2.45, 2.75) is 41.5 Å². The fourth-order valence-corrected chi connectivity index (χ4v) is 6.13. The molecule has 0 radical (unpaired) electrons. The van der Waals surface area contributed by atoms with Gasteiger partial charge in [-0.25, -0.2) is 24.0 Å². The van der Waals surface area contributed by atoms with Gasteiger partial charge in [0.25, 0.3) is 0 Å². The molecule has 0 bridgehead atoms.